The number of carbonyl (C=O) groups is 1. The zero-order valence-corrected chi connectivity index (χ0v) is 14.6. The fourth-order valence-corrected chi connectivity index (χ4v) is 3.03. The van der Waals surface area contributed by atoms with Crippen LogP contribution in [0.3, 0.4) is 0 Å². The van der Waals surface area contributed by atoms with Gasteiger partial charge in [-0.3, -0.25) is 5.10 Å². The second-order valence-electron chi connectivity index (χ2n) is 6.25. The highest BCUT2D eigenvalue weighted by atomic mass is 19.2. The molecule has 0 amide bonds. The number of aromatic nitrogens is 2. The monoisotopic (exact) mass is 385 g/mol. The number of halogens is 3. The van der Waals surface area contributed by atoms with Crippen molar-refractivity contribution in [3.63, 3.8) is 0 Å². The Morgan fingerprint density at radius 3 is 2.54 bits per heavy atom. The van der Waals surface area contributed by atoms with E-state index in [4.69, 9.17) is 4.74 Å². The molecule has 2 heterocycles. The van der Waals surface area contributed by atoms with Crippen LogP contribution in [0.2, 0.25) is 0 Å². The first-order valence-electron chi connectivity index (χ1n) is 8.41. The van der Waals surface area contributed by atoms with Gasteiger partial charge in [0, 0.05) is 17.7 Å². The standard InChI is InChI=1S/C20H14F3N3O2/c1-10-12-9-13(20(27)28-11-5-3-2-4-6-11)18(24-19(12)26-25-10)16-14(21)7-8-15(22)17(16)23/h2-8H,9H2,1H3,(H2,24,25,26). The van der Waals surface area contributed by atoms with Gasteiger partial charge in [-0.2, -0.15) is 5.10 Å². The summed E-state index contributed by atoms with van der Waals surface area (Å²) in [5.74, 6) is -3.86. The number of hydrogen-bond donors (Lipinski definition) is 2. The molecule has 3 aromatic rings. The summed E-state index contributed by atoms with van der Waals surface area (Å²) in [6.07, 6.45) is 0.0149. The molecule has 0 spiro atoms. The van der Waals surface area contributed by atoms with E-state index in [9.17, 15) is 18.0 Å². The van der Waals surface area contributed by atoms with Crippen LogP contribution in [-0.4, -0.2) is 16.2 Å². The van der Waals surface area contributed by atoms with E-state index in [1.54, 1.807) is 37.3 Å². The predicted molar refractivity (Wildman–Crippen MR) is 96.0 cm³/mol. The van der Waals surface area contributed by atoms with E-state index in [-0.39, 0.29) is 23.4 Å². The molecular formula is C20H14F3N3O2. The van der Waals surface area contributed by atoms with Crippen LogP contribution in [0.25, 0.3) is 5.70 Å². The normalized spacial score (nSPS) is 13.1. The lowest BCUT2D eigenvalue weighted by Gasteiger charge is -2.22. The second kappa shape index (κ2) is 6.88. The SMILES string of the molecule is Cc1[nH]nc2c1CC(C(=O)Oc1ccccc1)=C(c1c(F)ccc(F)c1F)N2. The van der Waals surface area contributed by atoms with E-state index in [1.807, 2.05) is 0 Å². The fourth-order valence-electron chi connectivity index (χ4n) is 3.03. The summed E-state index contributed by atoms with van der Waals surface area (Å²) >= 11 is 0. The molecule has 4 rings (SSSR count). The number of anilines is 1. The lowest BCUT2D eigenvalue weighted by molar-refractivity contribution is -0.130. The number of para-hydroxylation sites is 1. The van der Waals surface area contributed by atoms with Crippen molar-refractivity contribution in [2.75, 3.05) is 5.32 Å². The van der Waals surface area contributed by atoms with Crippen LogP contribution in [0.5, 0.6) is 5.75 Å². The summed E-state index contributed by atoms with van der Waals surface area (Å²) in [7, 11) is 0. The van der Waals surface area contributed by atoms with E-state index in [1.165, 1.54) is 0 Å². The lowest BCUT2D eigenvalue weighted by atomic mass is 9.95. The third-order valence-electron chi connectivity index (χ3n) is 4.47. The maximum atomic E-state index is 14.4. The highest BCUT2D eigenvalue weighted by molar-refractivity contribution is 6.03. The largest absolute Gasteiger partial charge is 0.423 e. The van der Waals surface area contributed by atoms with Crippen molar-refractivity contribution in [3.8, 4) is 5.75 Å². The minimum Gasteiger partial charge on any atom is -0.423 e. The molecule has 0 saturated heterocycles. The Morgan fingerprint density at radius 2 is 1.79 bits per heavy atom. The molecule has 0 saturated carbocycles. The van der Waals surface area contributed by atoms with Crippen molar-refractivity contribution in [1.82, 2.24) is 10.2 Å². The van der Waals surface area contributed by atoms with Gasteiger partial charge < -0.3 is 10.1 Å². The number of nitrogens with zero attached hydrogens (tertiary/aromatic N) is 1. The van der Waals surface area contributed by atoms with Gasteiger partial charge in [-0.05, 0) is 31.2 Å². The minimum atomic E-state index is -1.40. The molecule has 142 valence electrons. The average Bonchev–Trinajstić information content (AvgIpc) is 3.05. The van der Waals surface area contributed by atoms with Crippen molar-refractivity contribution < 1.29 is 22.7 Å². The molecule has 0 unspecified atom stereocenters. The van der Waals surface area contributed by atoms with E-state index in [2.05, 4.69) is 15.5 Å². The molecule has 0 radical (unpaired) electrons. The van der Waals surface area contributed by atoms with E-state index >= 15 is 0 Å². The molecular weight excluding hydrogens is 371 g/mol. The molecule has 1 aliphatic heterocycles. The van der Waals surface area contributed by atoms with Crippen LogP contribution < -0.4 is 10.1 Å². The number of rotatable bonds is 3. The number of aromatic amines is 1. The van der Waals surface area contributed by atoms with Crippen molar-refractivity contribution >= 4 is 17.5 Å². The summed E-state index contributed by atoms with van der Waals surface area (Å²) < 4.78 is 47.9. The zero-order valence-electron chi connectivity index (χ0n) is 14.6. The summed E-state index contributed by atoms with van der Waals surface area (Å²) in [6.45, 7) is 1.75. The van der Waals surface area contributed by atoms with Crippen molar-refractivity contribution in [2.24, 2.45) is 0 Å². The fraction of sp³-hybridized carbons (Fsp3) is 0.100. The first kappa shape index (κ1) is 17.8. The minimum absolute atomic E-state index is 0.0149. The number of carbonyl (C=O) groups excluding carboxylic acids is 1. The highest BCUT2D eigenvalue weighted by Gasteiger charge is 2.31. The number of aryl methyl sites for hydroxylation is 1. The van der Waals surface area contributed by atoms with Crippen molar-refractivity contribution in [2.45, 2.75) is 13.3 Å². The number of esters is 1. The first-order chi connectivity index (χ1) is 13.5. The third kappa shape index (κ3) is 3.02. The van der Waals surface area contributed by atoms with Gasteiger partial charge in [0.25, 0.3) is 0 Å². The maximum absolute atomic E-state index is 14.4. The van der Waals surface area contributed by atoms with Gasteiger partial charge in [-0.25, -0.2) is 18.0 Å². The number of nitrogens with one attached hydrogen (secondary N) is 2. The maximum Gasteiger partial charge on any atom is 0.341 e. The predicted octanol–water partition coefficient (Wildman–Crippen LogP) is 4.12. The van der Waals surface area contributed by atoms with Crippen LogP contribution in [0.15, 0.2) is 48.0 Å². The Labute approximate surface area is 157 Å². The van der Waals surface area contributed by atoms with E-state index in [0.717, 1.165) is 6.07 Å². The summed E-state index contributed by atoms with van der Waals surface area (Å²) in [5.41, 5.74) is 0.415. The Bertz CT molecular complexity index is 1110. The average molecular weight is 385 g/mol. The highest BCUT2D eigenvalue weighted by Crippen LogP contribution is 2.36. The van der Waals surface area contributed by atoms with Crippen molar-refractivity contribution in [1.29, 1.82) is 0 Å². The van der Waals surface area contributed by atoms with Crippen LogP contribution >= 0.6 is 0 Å². The van der Waals surface area contributed by atoms with Crippen molar-refractivity contribution in [3.05, 3.63) is 82.3 Å². The lowest BCUT2D eigenvalue weighted by Crippen LogP contribution is -2.23. The quantitative estimate of drug-likeness (QED) is 0.404. The molecule has 2 N–H and O–H groups in total. The van der Waals surface area contributed by atoms with E-state index < -0.39 is 29.0 Å². The molecule has 0 atom stereocenters. The Hall–Kier alpha value is -3.55. The molecule has 28 heavy (non-hydrogen) atoms. The smallest absolute Gasteiger partial charge is 0.341 e. The Kier molecular flexibility index (Phi) is 4.38. The Morgan fingerprint density at radius 1 is 1.07 bits per heavy atom. The van der Waals surface area contributed by atoms with Gasteiger partial charge >= 0.3 is 5.97 Å². The molecule has 1 aliphatic rings. The number of ether oxygens (including phenoxy) is 1. The molecule has 8 heteroatoms. The molecule has 0 aliphatic carbocycles. The Balaban J connectivity index is 1.85. The molecule has 0 fully saturated rings. The van der Waals surface area contributed by atoms with Gasteiger partial charge in [0.1, 0.15) is 11.6 Å². The zero-order chi connectivity index (χ0) is 19.8. The number of H-pyrrole nitrogens is 1. The van der Waals surface area contributed by atoms with Gasteiger partial charge in [0.2, 0.25) is 0 Å². The van der Waals surface area contributed by atoms with Crippen LogP contribution in [0, 0.1) is 24.4 Å². The summed E-state index contributed by atoms with van der Waals surface area (Å²) in [5, 5.41) is 9.53. The second-order valence-corrected chi connectivity index (χ2v) is 6.25. The van der Waals surface area contributed by atoms with Gasteiger partial charge in [0.05, 0.1) is 16.8 Å². The first-order valence-corrected chi connectivity index (χ1v) is 8.41. The van der Waals surface area contributed by atoms with Crippen LogP contribution in [0.1, 0.15) is 16.8 Å². The van der Waals surface area contributed by atoms with Gasteiger partial charge in [-0.15, -0.1) is 0 Å². The number of fused-ring (bicyclic) bond motifs is 1. The molecule has 1 aromatic heterocycles. The van der Waals surface area contributed by atoms with E-state index in [0.29, 0.717) is 23.1 Å². The molecule has 0 bridgehead atoms. The summed E-state index contributed by atoms with van der Waals surface area (Å²) in [4.78, 5) is 12.8. The van der Waals surface area contributed by atoms with Gasteiger partial charge in [-0.1, -0.05) is 18.2 Å². The third-order valence-corrected chi connectivity index (χ3v) is 4.47. The number of hydrogen-bond acceptors (Lipinski definition) is 4. The topological polar surface area (TPSA) is 67.0 Å². The summed E-state index contributed by atoms with van der Waals surface area (Å²) in [6, 6.07) is 9.75. The van der Waals surface area contributed by atoms with Gasteiger partial charge in [0.15, 0.2) is 17.5 Å². The van der Waals surface area contributed by atoms with Crippen LogP contribution in [0.4, 0.5) is 19.0 Å². The molecule has 5 nitrogen and oxygen atoms in total. The number of benzene rings is 2. The molecule has 2 aromatic carbocycles. The van der Waals surface area contributed by atoms with Crippen LogP contribution in [-0.2, 0) is 11.2 Å².